The minimum Gasteiger partial charge on any atom is -0.486 e. The van der Waals surface area contributed by atoms with Crippen LogP contribution >= 0.6 is 0 Å². The molecule has 4 rings (SSSR count). The third-order valence-corrected chi connectivity index (χ3v) is 5.92. The molecular formula is C24H27N3O5. The van der Waals surface area contributed by atoms with Gasteiger partial charge in [-0.05, 0) is 38.5 Å². The monoisotopic (exact) mass is 437 g/mol. The van der Waals surface area contributed by atoms with Gasteiger partial charge in [-0.1, -0.05) is 42.0 Å². The van der Waals surface area contributed by atoms with Crippen molar-refractivity contribution in [1.29, 1.82) is 0 Å². The summed E-state index contributed by atoms with van der Waals surface area (Å²) in [6.45, 7) is 6.15. The Balaban J connectivity index is 1.42. The van der Waals surface area contributed by atoms with E-state index < -0.39 is 17.5 Å². The number of urea groups is 1. The highest BCUT2D eigenvalue weighted by molar-refractivity contribution is 6.09. The van der Waals surface area contributed by atoms with Crippen LogP contribution in [-0.4, -0.2) is 60.0 Å². The minimum absolute atomic E-state index is 0.294. The van der Waals surface area contributed by atoms with Gasteiger partial charge in [0.1, 0.15) is 18.7 Å². The number of ether oxygens (including phenoxy) is 2. The van der Waals surface area contributed by atoms with E-state index in [-0.39, 0.29) is 18.6 Å². The molecule has 32 heavy (non-hydrogen) atoms. The van der Waals surface area contributed by atoms with Gasteiger partial charge in [0.2, 0.25) is 5.91 Å². The van der Waals surface area contributed by atoms with Crippen LogP contribution in [0.15, 0.2) is 48.5 Å². The van der Waals surface area contributed by atoms with Gasteiger partial charge in [-0.2, -0.15) is 0 Å². The lowest BCUT2D eigenvalue weighted by Gasteiger charge is -2.31. The van der Waals surface area contributed by atoms with Crippen LogP contribution in [0.1, 0.15) is 25.0 Å². The van der Waals surface area contributed by atoms with Crippen molar-refractivity contribution < 1.29 is 23.9 Å². The number of rotatable bonds is 6. The van der Waals surface area contributed by atoms with Crippen LogP contribution in [0.4, 0.5) is 4.79 Å². The molecular weight excluding hydrogens is 410 g/mol. The summed E-state index contributed by atoms with van der Waals surface area (Å²) >= 11 is 0. The Morgan fingerprint density at radius 2 is 1.84 bits per heavy atom. The number of hydrogen-bond acceptors (Lipinski definition) is 5. The largest absolute Gasteiger partial charge is 0.486 e. The van der Waals surface area contributed by atoms with Crippen molar-refractivity contribution >= 4 is 17.8 Å². The number of likely N-dealkylation sites (N-methyl/N-ethyl adjacent to an activating group) is 1. The van der Waals surface area contributed by atoms with Crippen molar-refractivity contribution in [3.05, 3.63) is 59.7 Å². The molecule has 0 bridgehead atoms. The van der Waals surface area contributed by atoms with Crippen molar-refractivity contribution in [2.75, 3.05) is 26.2 Å². The quantitative estimate of drug-likeness (QED) is 0.702. The van der Waals surface area contributed by atoms with Gasteiger partial charge in [0.15, 0.2) is 17.6 Å². The van der Waals surface area contributed by atoms with E-state index in [0.717, 1.165) is 10.5 Å². The van der Waals surface area contributed by atoms with E-state index in [0.29, 0.717) is 36.8 Å². The number of carbonyl (C=O) groups is 3. The molecule has 2 aromatic carbocycles. The molecule has 0 aliphatic carbocycles. The number of nitrogens with one attached hydrogen (secondary N) is 1. The fourth-order valence-corrected chi connectivity index (χ4v) is 3.96. The van der Waals surface area contributed by atoms with Crippen LogP contribution in [0.25, 0.3) is 0 Å². The summed E-state index contributed by atoms with van der Waals surface area (Å²) in [7, 11) is 0. The summed E-state index contributed by atoms with van der Waals surface area (Å²) in [5.74, 6) is 0.539. The molecule has 1 N–H and O–H groups in total. The van der Waals surface area contributed by atoms with E-state index in [1.165, 1.54) is 0 Å². The van der Waals surface area contributed by atoms with Gasteiger partial charge < -0.3 is 19.7 Å². The fourth-order valence-electron chi connectivity index (χ4n) is 3.96. The van der Waals surface area contributed by atoms with Gasteiger partial charge >= 0.3 is 6.03 Å². The molecule has 0 unspecified atom stereocenters. The van der Waals surface area contributed by atoms with E-state index in [1.807, 2.05) is 62.4 Å². The van der Waals surface area contributed by atoms with Gasteiger partial charge in [-0.15, -0.1) is 0 Å². The topological polar surface area (TPSA) is 88.2 Å². The molecule has 1 fully saturated rings. The summed E-state index contributed by atoms with van der Waals surface area (Å²) in [6.07, 6.45) is -0.338. The number of amides is 4. The summed E-state index contributed by atoms with van der Waals surface area (Å²) in [6, 6.07) is 14.2. The highest BCUT2D eigenvalue weighted by Crippen LogP contribution is 2.31. The number of fused-ring (bicyclic) bond motifs is 1. The number of para-hydroxylation sites is 2. The van der Waals surface area contributed by atoms with E-state index in [1.54, 1.807) is 11.8 Å². The Kier molecular flexibility index (Phi) is 5.78. The second kappa shape index (κ2) is 8.53. The Hall–Kier alpha value is -3.55. The summed E-state index contributed by atoms with van der Waals surface area (Å²) in [5.41, 5.74) is 0.526. The molecule has 0 saturated carbocycles. The van der Waals surface area contributed by atoms with E-state index in [4.69, 9.17) is 9.47 Å². The van der Waals surface area contributed by atoms with Crippen molar-refractivity contribution in [1.82, 2.24) is 15.1 Å². The molecule has 8 nitrogen and oxygen atoms in total. The smallest absolute Gasteiger partial charge is 0.325 e. The molecule has 168 valence electrons. The van der Waals surface area contributed by atoms with Crippen LogP contribution in [0, 0.1) is 6.92 Å². The molecule has 0 spiro atoms. The van der Waals surface area contributed by atoms with Crippen LogP contribution in [-0.2, 0) is 15.1 Å². The first-order valence-corrected chi connectivity index (χ1v) is 10.7. The first-order chi connectivity index (χ1) is 15.3. The van der Waals surface area contributed by atoms with Crippen LogP contribution in [0.2, 0.25) is 0 Å². The predicted molar refractivity (Wildman–Crippen MR) is 117 cm³/mol. The van der Waals surface area contributed by atoms with Crippen LogP contribution < -0.4 is 14.8 Å². The van der Waals surface area contributed by atoms with Crippen molar-refractivity contribution in [3.8, 4) is 11.5 Å². The maximum atomic E-state index is 13.1. The summed E-state index contributed by atoms with van der Waals surface area (Å²) in [4.78, 5) is 41.3. The molecule has 8 heteroatoms. The second-order valence-corrected chi connectivity index (χ2v) is 8.24. The number of imide groups is 1. The lowest BCUT2D eigenvalue weighted by atomic mass is 9.91. The van der Waals surface area contributed by atoms with Gasteiger partial charge in [0, 0.05) is 6.54 Å². The zero-order valence-electron chi connectivity index (χ0n) is 18.5. The zero-order valence-corrected chi connectivity index (χ0v) is 18.5. The van der Waals surface area contributed by atoms with Crippen molar-refractivity contribution in [2.45, 2.75) is 32.4 Å². The lowest BCUT2D eigenvalue weighted by molar-refractivity contribution is -0.139. The molecule has 2 atom stereocenters. The van der Waals surface area contributed by atoms with Gasteiger partial charge in [0.05, 0.1) is 6.54 Å². The van der Waals surface area contributed by atoms with Gasteiger partial charge in [-0.3, -0.25) is 14.5 Å². The highest BCUT2D eigenvalue weighted by atomic mass is 16.6. The normalized spacial score (nSPS) is 22.0. The zero-order chi connectivity index (χ0) is 22.9. The minimum atomic E-state index is -1.20. The molecule has 0 aromatic heterocycles. The number of carbonyl (C=O) groups excluding carboxylic acids is 3. The van der Waals surface area contributed by atoms with Crippen molar-refractivity contribution in [2.24, 2.45) is 0 Å². The molecule has 0 radical (unpaired) electrons. The van der Waals surface area contributed by atoms with Crippen molar-refractivity contribution in [3.63, 3.8) is 0 Å². The van der Waals surface area contributed by atoms with E-state index >= 15 is 0 Å². The van der Waals surface area contributed by atoms with Gasteiger partial charge in [-0.25, -0.2) is 4.79 Å². The first-order valence-electron chi connectivity index (χ1n) is 10.7. The molecule has 2 aromatic rings. The Morgan fingerprint density at radius 1 is 1.16 bits per heavy atom. The number of hydrogen-bond donors (Lipinski definition) is 1. The number of nitrogens with zero attached hydrogens (tertiary/aromatic N) is 2. The van der Waals surface area contributed by atoms with E-state index in [2.05, 4.69) is 5.32 Å². The predicted octanol–water partition coefficient (Wildman–Crippen LogP) is 2.45. The third kappa shape index (κ3) is 4.00. The number of benzene rings is 2. The Morgan fingerprint density at radius 3 is 2.53 bits per heavy atom. The fraction of sp³-hybridized carbons (Fsp3) is 0.375. The lowest BCUT2D eigenvalue weighted by Crippen LogP contribution is -2.48. The van der Waals surface area contributed by atoms with Gasteiger partial charge in [0.25, 0.3) is 5.91 Å². The van der Waals surface area contributed by atoms with E-state index in [9.17, 15) is 14.4 Å². The average molecular weight is 437 g/mol. The maximum Gasteiger partial charge on any atom is 0.325 e. The summed E-state index contributed by atoms with van der Waals surface area (Å²) in [5, 5.41) is 2.74. The third-order valence-electron chi connectivity index (χ3n) is 5.92. The molecule has 2 aliphatic rings. The maximum absolute atomic E-state index is 13.1. The number of aryl methyl sites for hydroxylation is 1. The first kappa shape index (κ1) is 21.7. The molecule has 1 saturated heterocycles. The average Bonchev–Trinajstić information content (AvgIpc) is 3.01. The second-order valence-electron chi connectivity index (χ2n) is 8.24. The Bertz CT molecular complexity index is 1040. The summed E-state index contributed by atoms with van der Waals surface area (Å²) < 4.78 is 11.7. The molecule has 2 heterocycles. The standard InChI is InChI=1S/C24H27N3O5/c1-4-26(13-18-15-31-19-7-5-6-8-20(19)32-18)21(28)14-27-22(29)24(3,25-23(27)30)17-11-9-16(2)10-12-17/h5-12,18H,4,13-15H2,1-3H3,(H,25,30)/t18-,24+/m1/s1. The molecule has 4 amide bonds. The van der Waals surface area contributed by atoms with Crippen LogP contribution in [0.5, 0.6) is 11.5 Å². The highest BCUT2D eigenvalue weighted by Gasteiger charge is 2.49. The SMILES string of the molecule is CCN(C[C@@H]1COc2ccccc2O1)C(=O)CN1C(=O)N[C@@](C)(c2ccc(C)cc2)C1=O. The van der Waals surface area contributed by atoms with Crippen LogP contribution in [0.3, 0.4) is 0 Å². The Labute approximate surface area is 187 Å². The molecule has 2 aliphatic heterocycles.